The average molecular weight is 255 g/mol. The highest BCUT2D eigenvalue weighted by atomic mass is 16.3. The van der Waals surface area contributed by atoms with Gasteiger partial charge in [-0.1, -0.05) is 25.1 Å². The van der Waals surface area contributed by atoms with Crippen molar-refractivity contribution in [3.8, 4) is 5.75 Å². The van der Waals surface area contributed by atoms with E-state index in [-0.39, 0.29) is 5.41 Å². The molecule has 2 bridgehead atoms. The number of phenolic OH excluding ortho intramolecular Hbond substituents is 1. The molecule has 0 radical (unpaired) electrons. The molecule has 3 unspecified atom stereocenters. The molecule has 1 aliphatic heterocycles. The molecule has 0 aromatic heterocycles. The molecule has 1 saturated heterocycles. The predicted octanol–water partition coefficient (Wildman–Crippen LogP) is 2.71. The van der Waals surface area contributed by atoms with E-state index >= 15 is 0 Å². The fourth-order valence-corrected chi connectivity index (χ4v) is 4.67. The largest absolute Gasteiger partial charge is 0.508 e. The third-order valence-electron chi connectivity index (χ3n) is 5.70. The normalized spacial score (nSPS) is 40.0. The van der Waals surface area contributed by atoms with Gasteiger partial charge in [-0.15, -0.1) is 0 Å². The molecule has 19 heavy (non-hydrogen) atoms. The van der Waals surface area contributed by atoms with E-state index in [1.54, 1.807) is 0 Å². The number of phenols is 1. The van der Waals surface area contributed by atoms with Gasteiger partial charge in [0.1, 0.15) is 5.75 Å². The highest BCUT2D eigenvalue weighted by Gasteiger charge is 2.50. The lowest BCUT2D eigenvalue weighted by Crippen LogP contribution is -2.57. The first kappa shape index (κ1) is 11.5. The fraction of sp³-hybridized carbons (Fsp3) is 0.529. The fourth-order valence-electron chi connectivity index (χ4n) is 4.67. The second-order valence-corrected chi connectivity index (χ2v) is 6.80. The Morgan fingerprint density at radius 1 is 1.37 bits per heavy atom. The molecule has 1 fully saturated rings. The maximum atomic E-state index is 9.84. The molecule has 1 aromatic rings. The van der Waals surface area contributed by atoms with Gasteiger partial charge in [0.25, 0.3) is 0 Å². The maximum Gasteiger partial charge on any atom is 0.115 e. The Bertz CT molecular complexity index is 564. The van der Waals surface area contributed by atoms with Crippen LogP contribution in [-0.4, -0.2) is 29.6 Å². The molecule has 2 nitrogen and oxygen atoms in total. The summed E-state index contributed by atoms with van der Waals surface area (Å²) in [7, 11) is 2.27. The van der Waals surface area contributed by atoms with E-state index in [0.717, 1.165) is 12.3 Å². The van der Waals surface area contributed by atoms with E-state index in [9.17, 15) is 5.11 Å². The van der Waals surface area contributed by atoms with E-state index < -0.39 is 0 Å². The summed E-state index contributed by atoms with van der Waals surface area (Å²) in [4.78, 5) is 2.55. The van der Waals surface area contributed by atoms with Crippen molar-refractivity contribution in [1.29, 1.82) is 0 Å². The van der Waals surface area contributed by atoms with Gasteiger partial charge in [0.05, 0.1) is 0 Å². The van der Waals surface area contributed by atoms with E-state index in [0.29, 0.717) is 17.7 Å². The molecule has 0 spiro atoms. The number of fused-ring (bicyclic) bond motifs is 3. The van der Waals surface area contributed by atoms with Crippen LogP contribution in [0.2, 0.25) is 0 Å². The van der Waals surface area contributed by atoms with Crippen molar-refractivity contribution >= 4 is 0 Å². The van der Waals surface area contributed by atoms with E-state index in [4.69, 9.17) is 0 Å². The zero-order valence-corrected chi connectivity index (χ0v) is 11.6. The van der Waals surface area contributed by atoms with Crippen LogP contribution in [0.25, 0.3) is 0 Å². The van der Waals surface area contributed by atoms with Gasteiger partial charge >= 0.3 is 0 Å². The van der Waals surface area contributed by atoms with Crippen LogP contribution in [0, 0.1) is 11.8 Å². The van der Waals surface area contributed by atoms with E-state index in [1.807, 2.05) is 12.1 Å². The third-order valence-corrected chi connectivity index (χ3v) is 5.70. The quantitative estimate of drug-likeness (QED) is 0.721. The van der Waals surface area contributed by atoms with Gasteiger partial charge in [0, 0.05) is 18.0 Å². The van der Waals surface area contributed by atoms with Crippen molar-refractivity contribution in [2.24, 2.45) is 11.8 Å². The summed E-state index contributed by atoms with van der Waals surface area (Å²) in [5, 5.41) is 9.84. The van der Waals surface area contributed by atoms with Crippen molar-refractivity contribution < 1.29 is 5.11 Å². The van der Waals surface area contributed by atoms with Crippen molar-refractivity contribution in [2.45, 2.75) is 31.2 Å². The van der Waals surface area contributed by atoms with Crippen LogP contribution in [-0.2, 0) is 11.8 Å². The van der Waals surface area contributed by atoms with E-state index in [1.165, 1.54) is 24.1 Å². The molecular weight excluding hydrogens is 234 g/mol. The SMILES string of the molecule is CN1CC2C=C[C@]3(C)c4cc(O)ccc4CC1C3C2. The Balaban J connectivity index is 1.94. The molecule has 0 saturated carbocycles. The number of allylic oxidation sites excluding steroid dienone is 1. The molecule has 1 N–H and O–H groups in total. The molecule has 2 aliphatic carbocycles. The van der Waals surface area contributed by atoms with Crippen molar-refractivity contribution in [2.75, 3.05) is 13.6 Å². The summed E-state index contributed by atoms with van der Waals surface area (Å²) in [5.74, 6) is 1.81. The monoisotopic (exact) mass is 255 g/mol. The Morgan fingerprint density at radius 2 is 2.21 bits per heavy atom. The van der Waals surface area contributed by atoms with Crippen LogP contribution in [0.4, 0.5) is 0 Å². The summed E-state index contributed by atoms with van der Waals surface area (Å²) in [5.41, 5.74) is 2.86. The molecule has 4 rings (SSSR count). The Kier molecular flexibility index (Phi) is 2.21. The number of benzene rings is 1. The van der Waals surface area contributed by atoms with Crippen molar-refractivity contribution in [3.05, 3.63) is 41.5 Å². The lowest BCUT2D eigenvalue weighted by atomic mass is 9.56. The van der Waals surface area contributed by atoms with Gasteiger partial charge in [-0.05, 0) is 55.0 Å². The Labute approximate surface area is 114 Å². The standard InChI is InChI=1S/C17H21NO/c1-17-6-5-11-7-15(17)16(18(2)10-11)8-12-3-4-13(19)9-14(12)17/h3-6,9,11,15-16,19H,7-8,10H2,1-2H3/t11?,15?,16?,17-/m1/s1. The lowest BCUT2D eigenvalue weighted by Gasteiger charge is -2.55. The molecule has 4 atom stereocenters. The van der Waals surface area contributed by atoms with Gasteiger partial charge in [-0.3, -0.25) is 0 Å². The summed E-state index contributed by atoms with van der Waals surface area (Å²) < 4.78 is 0. The number of piperidine rings is 1. The smallest absolute Gasteiger partial charge is 0.115 e. The third kappa shape index (κ3) is 1.47. The first-order chi connectivity index (χ1) is 9.08. The molecule has 1 aromatic carbocycles. The topological polar surface area (TPSA) is 23.5 Å². The minimum atomic E-state index is 0.0994. The second-order valence-electron chi connectivity index (χ2n) is 6.80. The maximum absolute atomic E-state index is 9.84. The molecule has 3 aliphatic rings. The first-order valence-corrected chi connectivity index (χ1v) is 7.30. The highest BCUT2D eigenvalue weighted by Crippen LogP contribution is 2.52. The number of nitrogens with zero attached hydrogens (tertiary/aromatic N) is 1. The first-order valence-electron chi connectivity index (χ1n) is 7.30. The molecule has 100 valence electrons. The van der Waals surface area contributed by atoms with Crippen LogP contribution in [0.15, 0.2) is 30.4 Å². The van der Waals surface area contributed by atoms with Crippen LogP contribution in [0.3, 0.4) is 0 Å². The molecule has 2 heteroatoms. The Morgan fingerprint density at radius 3 is 3.05 bits per heavy atom. The van der Waals surface area contributed by atoms with E-state index in [2.05, 4.69) is 37.1 Å². The van der Waals surface area contributed by atoms with Crippen molar-refractivity contribution in [1.82, 2.24) is 4.90 Å². The summed E-state index contributed by atoms with van der Waals surface area (Å²) >= 11 is 0. The number of hydrogen-bond donors (Lipinski definition) is 1. The predicted molar refractivity (Wildman–Crippen MR) is 76.3 cm³/mol. The number of hydrogen-bond acceptors (Lipinski definition) is 2. The number of aromatic hydroxyl groups is 1. The van der Waals surface area contributed by atoms with Crippen LogP contribution < -0.4 is 0 Å². The summed E-state index contributed by atoms with van der Waals surface area (Å²) in [6.07, 6.45) is 7.26. The molecule has 0 amide bonds. The Hall–Kier alpha value is -1.28. The number of likely N-dealkylation sites (N-methyl/N-ethyl adjacent to an activating group) is 1. The van der Waals surface area contributed by atoms with Gasteiger partial charge in [0.2, 0.25) is 0 Å². The minimum Gasteiger partial charge on any atom is -0.508 e. The van der Waals surface area contributed by atoms with Crippen LogP contribution in [0.5, 0.6) is 5.75 Å². The van der Waals surface area contributed by atoms with Crippen molar-refractivity contribution in [3.63, 3.8) is 0 Å². The average Bonchev–Trinajstić information content (AvgIpc) is 2.39. The zero-order chi connectivity index (χ0) is 13.2. The van der Waals surface area contributed by atoms with Gasteiger partial charge in [-0.25, -0.2) is 0 Å². The summed E-state index contributed by atoms with van der Waals surface area (Å²) in [6.45, 7) is 3.55. The molecular formula is C17H21NO. The zero-order valence-electron chi connectivity index (χ0n) is 11.6. The number of rotatable bonds is 0. The minimum absolute atomic E-state index is 0.0994. The lowest BCUT2D eigenvalue weighted by molar-refractivity contribution is 0.0431. The number of likely N-dealkylation sites (tertiary alicyclic amines) is 1. The highest BCUT2D eigenvalue weighted by molar-refractivity contribution is 5.47. The molecule has 1 heterocycles. The van der Waals surface area contributed by atoms with Gasteiger partial charge in [-0.2, -0.15) is 0 Å². The van der Waals surface area contributed by atoms with Crippen LogP contribution >= 0.6 is 0 Å². The summed E-state index contributed by atoms with van der Waals surface area (Å²) in [6, 6.07) is 6.60. The van der Waals surface area contributed by atoms with Crippen LogP contribution in [0.1, 0.15) is 24.5 Å². The van der Waals surface area contributed by atoms with Gasteiger partial charge < -0.3 is 10.0 Å². The van der Waals surface area contributed by atoms with Gasteiger partial charge in [0.15, 0.2) is 0 Å². The second kappa shape index (κ2) is 3.63.